The number of likely N-dealkylation sites (N-methyl/N-ethyl adjacent to an activating group) is 1. The lowest BCUT2D eigenvalue weighted by Gasteiger charge is -2.34. The van der Waals surface area contributed by atoms with E-state index in [0.29, 0.717) is 37.2 Å². The maximum atomic E-state index is 12.5. The van der Waals surface area contributed by atoms with Gasteiger partial charge in [0.25, 0.3) is 0 Å². The van der Waals surface area contributed by atoms with E-state index >= 15 is 0 Å². The minimum absolute atomic E-state index is 0.0000889. The Labute approximate surface area is 193 Å². The first-order valence-electron chi connectivity index (χ1n) is 10.6. The number of halogens is 2. The van der Waals surface area contributed by atoms with Crippen LogP contribution in [0.15, 0.2) is 6.20 Å². The van der Waals surface area contributed by atoms with Gasteiger partial charge in [-0.3, -0.25) is 14.1 Å². The van der Waals surface area contributed by atoms with Gasteiger partial charge in [-0.15, -0.1) is 0 Å². The standard InChI is InChI=1S/C22H31ClFN5O3/c1-14(29(5)21(31)32-22(2,3)4)19(30)27-17-11-15(12-17)7-8-16-13-26-20(23)28-18(16)25-10-6-9-24/h13-15,17H,6,9-12H2,1-5H3,(H,27,30)(H,25,26,28)/t14-,15?,17?/m0/s1. The van der Waals surface area contributed by atoms with E-state index in [4.69, 9.17) is 16.3 Å². The minimum Gasteiger partial charge on any atom is -0.444 e. The second-order valence-corrected chi connectivity index (χ2v) is 9.12. The predicted molar refractivity (Wildman–Crippen MR) is 121 cm³/mol. The van der Waals surface area contributed by atoms with E-state index < -0.39 is 24.4 Å². The average molecular weight is 468 g/mol. The summed E-state index contributed by atoms with van der Waals surface area (Å²) in [7, 11) is 1.54. The van der Waals surface area contributed by atoms with Crippen LogP contribution in [0.25, 0.3) is 0 Å². The summed E-state index contributed by atoms with van der Waals surface area (Å²) in [4.78, 5) is 34.0. The fourth-order valence-electron chi connectivity index (χ4n) is 2.88. The molecule has 0 saturated heterocycles. The maximum Gasteiger partial charge on any atom is 0.410 e. The van der Waals surface area contributed by atoms with Crippen LogP contribution in [0.1, 0.15) is 52.5 Å². The highest BCUT2D eigenvalue weighted by Crippen LogP contribution is 2.27. The van der Waals surface area contributed by atoms with Crippen molar-refractivity contribution in [2.45, 2.75) is 64.6 Å². The number of nitrogens with one attached hydrogen (secondary N) is 2. The van der Waals surface area contributed by atoms with E-state index in [-0.39, 0.29) is 23.2 Å². The summed E-state index contributed by atoms with van der Waals surface area (Å²) in [5, 5.41) is 6.06. The van der Waals surface area contributed by atoms with Crippen molar-refractivity contribution in [3.8, 4) is 11.8 Å². The number of nitrogens with zero attached hydrogens (tertiary/aromatic N) is 3. The molecule has 1 aromatic rings. The Kier molecular flexibility index (Phi) is 9.08. The topological polar surface area (TPSA) is 96.5 Å². The number of carbonyl (C=O) groups is 2. The van der Waals surface area contributed by atoms with Crippen LogP contribution >= 0.6 is 11.6 Å². The molecule has 0 aliphatic heterocycles. The second-order valence-electron chi connectivity index (χ2n) is 8.78. The van der Waals surface area contributed by atoms with E-state index in [1.807, 2.05) is 0 Å². The molecule has 0 bridgehead atoms. The van der Waals surface area contributed by atoms with Crippen molar-refractivity contribution in [1.29, 1.82) is 0 Å². The summed E-state index contributed by atoms with van der Waals surface area (Å²) in [5.74, 6) is 6.57. The highest BCUT2D eigenvalue weighted by atomic mass is 35.5. The fourth-order valence-corrected chi connectivity index (χ4v) is 3.02. The molecule has 1 heterocycles. The van der Waals surface area contributed by atoms with Gasteiger partial charge >= 0.3 is 6.09 Å². The van der Waals surface area contributed by atoms with Gasteiger partial charge in [0.2, 0.25) is 11.2 Å². The molecule has 8 nitrogen and oxygen atoms in total. The van der Waals surface area contributed by atoms with Crippen molar-refractivity contribution in [1.82, 2.24) is 20.2 Å². The molecule has 2 amide bonds. The van der Waals surface area contributed by atoms with Gasteiger partial charge in [0.15, 0.2) is 0 Å². The molecule has 0 aromatic carbocycles. The third-order valence-electron chi connectivity index (χ3n) is 4.90. The number of carbonyl (C=O) groups excluding carboxylic acids is 2. The quantitative estimate of drug-likeness (QED) is 0.362. The molecule has 0 radical (unpaired) electrons. The lowest BCUT2D eigenvalue weighted by molar-refractivity contribution is -0.126. The summed E-state index contributed by atoms with van der Waals surface area (Å²) in [6.45, 7) is 6.99. The van der Waals surface area contributed by atoms with E-state index in [0.717, 1.165) is 0 Å². The largest absolute Gasteiger partial charge is 0.444 e. The van der Waals surface area contributed by atoms with Crippen LogP contribution in [0.3, 0.4) is 0 Å². The monoisotopic (exact) mass is 467 g/mol. The molecular formula is C22H31ClFN5O3. The summed E-state index contributed by atoms with van der Waals surface area (Å²) in [6, 6.07) is -0.654. The zero-order chi connectivity index (χ0) is 23.9. The number of hydrogen-bond acceptors (Lipinski definition) is 6. The number of amides is 2. The van der Waals surface area contributed by atoms with Gasteiger partial charge in [-0.25, -0.2) is 9.78 Å². The van der Waals surface area contributed by atoms with Gasteiger partial charge in [-0.05, 0) is 58.6 Å². The van der Waals surface area contributed by atoms with Gasteiger partial charge in [0, 0.05) is 31.7 Å². The molecule has 1 aliphatic carbocycles. The van der Waals surface area contributed by atoms with Crippen LogP contribution in [0.5, 0.6) is 0 Å². The molecule has 1 saturated carbocycles. The van der Waals surface area contributed by atoms with Gasteiger partial charge in [0.05, 0.1) is 12.2 Å². The Morgan fingerprint density at radius 3 is 2.72 bits per heavy atom. The van der Waals surface area contributed by atoms with Crippen LogP contribution in [-0.2, 0) is 9.53 Å². The number of hydrogen-bond donors (Lipinski definition) is 2. The Morgan fingerprint density at radius 1 is 1.41 bits per heavy atom. The highest BCUT2D eigenvalue weighted by molar-refractivity contribution is 6.28. The van der Waals surface area contributed by atoms with Gasteiger partial charge < -0.3 is 15.4 Å². The third kappa shape index (κ3) is 7.83. The maximum absolute atomic E-state index is 12.5. The molecule has 2 N–H and O–H groups in total. The number of anilines is 1. The summed E-state index contributed by atoms with van der Waals surface area (Å²) in [6.07, 6.45) is 2.77. The van der Waals surface area contributed by atoms with E-state index in [1.165, 1.54) is 11.1 Å². The van der Waals surface area contributed by atoms with Crippen molar-refractivity contribution in [2.24, 2.45) is 5.92 Å². The molecule has 176 valence electrons. The Morgan fingerprint density at radius 2 is 2.09 bits per heavy atom. The van der Waals surface area contributed by atoms with Gasteiger partial charge in [-0.2, -0.15) is 4.98 Å². The molecular weight excluding hydrogens is 437 g/mol. The van der Waals surface area contributed by atoms with Crippen LogP contribution < -0.4 is 10.6 Å². The van der Waals surface area contributed by atoms with E-state index in [9.17, 15) is 14.0 Å². The first-order chi connectivity index (χ1) is 15.0. The molecule has 2 rings (SSSR count). The number of ether oxygens (including phenoxy) is 1. The summed E-state index contributed by atoms with van der Waals surface area (Å²) >= 11 is 5.84. The molecule has 1 aromatic heterocycles. The van der Waals surface area contributed by atoms with Gasteiger partial charge in [-0.1, -0.05) is 11.8 Å². The second kappa shape index (κ2) is 11.3. The summed E-state index contributed by atoms with van der Waals surface area (Å²) in [5.41, 5.74) is -0.0348. The normalized spacial score (nSPS) is 18.5. The van der Waals surface area contributed by atoms with Crippen LogP contribution in [0.2, 0.25) is 5.28 Å². The molecule has 32 heavy (non-hydrogen) atoms. The minimum atomic E-state index is -0.654. The van der Waals surface area contributed by atoms with Crippen molar-refractivity contribution >= 4 is 29.4 Å². The summed E-state index contributed by atoms with van der Waals surface area (Å²) < 4.78 is 17.6. The number of aromatic nitrogens is 2. The van der Waals surface area contributed by atoms with Crippen molar-refractivity contribution in [2.75, 3.05) is 25.6 Å². The first-order valence-corrected chi connectivity index (χ1v) is 11.0. The zero-order valence-corrected chi connectivity index (χ0v) is 19.9. The first kappa shape index (κ1) is 25.7. The van der Waals surface area contributed by atoms with Crippen molar-refractivity contribution < 1.29 is 18.7 Å². The van der Waals surface area contributed by atoms with Crippen molar-refractivity contribution in [3.05, 3.63) is 17.0 Å². The lowest BCUT2D eigenvalue weighted by Crippen LogP contribution is -2.52. The van der Waals surface area contributed by atoms with Crippen molar-refractivity contribution in [3.63, 3.8) is 0 Å². The Balaban J connectivity index is 1.85. The predicted octanol–water partition coefficient (Wildman–Crippen LogP) is 3.40. The number of rotatable bonds is 7. The molecule has 1 aliphatic rings. The lowest BCUT2D eigenvalue weighted by atomic mass is 9.80. The van der Waals surface area contributed by atoms with Crippen LogP contribution in [-0.4, -0.2) is 64.8 Å². The molecule has 1 atom stereocenters. The Bertz CT molecular complexity index is 875. The van der Waals surface area contributed by atoms with Crippen LogP contribution in [0.4, 0.5) is 15.0 Å². The van der Waals surface area contributed by atoms with E-state index in [1.54, 1.807) is 34.7 Å². The smallest absolute Gasteiger partial charge is 0.410 e. The molecule has 0 unspecified atom stereocenters. The molecule has 1 fully saturated rings. The SMILES string of the molecule is C[C@@H](C(=O)NC1CC(C#Cc2cnc(Cl)nc2NCCCF)C1)N(C)C(=O)OC(C)(C)C. The molecule has 0 spiro atoms. The van der Waals surface area contributed by atoms with Gasteiger partial charge in [0.1, 0.15) is 17.5 Å². The third-order valence-corrected chi connectivity index (χ3v) is 5.08. The average Bonchev–Trinajstić information content (AvgIpc) is 2.68. The van der Waals surface area contributed by atoms with Crippen LogP contribution in [0, 0.1) is 17.8 Å². The molecule has 10 heteroatoms. The van der Waals surface area contributed by atoms with E-state index in [2.05, 4.69) is 32.4 Å². The Hall–Kier alpha value is -2.60. The number of alkyl halides is 1. The zero-order valence-electron chi connectivity index (χ0n) is 19.2. The highest BCUT2D eigenvalue weighted by Gasteiger charge is 2.32. The fraction of sp³-hybridized carbons (Fsp3) is 0.636.